The van der Waals surface area contributed by atoms with Gasteiger partial charge in [0.1, 0.15) is 0 Å². The second-order valence-corrected chi connectivity index (χ2v) is 8.65. The minimum Gasteiger partial charge on any atom is -0.381 e. The van der Waals surface area contributed by atoms with E-state index >= 15 is 0 Å². The van der Waals surface area contributed by atoms with Gasteiger partial charge in [0.2, 0.25) is 0 Å². The lowest BCUT2D eigenvalue weighted by Crippen LogP contribution is -2.28. The zero-order valence-corrected chi connectivity index (χ0v) is 14.9. The number of hydrogen-bond donors (Lipinski definition) is 0. The van der Waals surface area contributed by atoms with Gasteiger partial charge in [0.15, 0.2) is 0 Å². The Morgan fingerprint density at radius 1 is 1.18 bits per heavy atom. The number of rotatable bonds is 2. The molecule has 0 aromatic heterocycles. The number of benzene rings is 1. The van der Waals surface area contributed by atoms with E-state index in [1.54, 1.807) is 0 Å². The van der Waals surface area contributed by atoms with Crippen LogP contribution in [0, 0.1) is 5.41 Å². The van der Waals surface area contributed by atoms with Gasteiger partial charge in [-0.15, -0.1) is 0 Å². The first-order valence-corrected chi connectivity index (χ1v) is 8.78. The summed E-state index contributed by atoms with van der Waals surface area (Å²) in [5, 5.41) is 0. The highest BCUT2D eigenvalue weighted by atomic mass is 16.5. The summed E-state index contributed by atoms with van der Waals surface area (Å²) in [4.78, 5) is 2.62. The standard InChI is InChI=1S/C20H31NO/c1-15(2)17-7-6-16(19(3,4)5)12-18(17)21-10-8-20(13-21)9-11-22-14-20/h6-7,12,15H,8-11,13-14H2,1-5H3/t20-/m0/s1. The SMILES string of the molecule is CC(C)c1ccc(C(C)(C)C)cc1N1CC[C@]2(CCOC2)C1. The minimum absolute atomic E-state index is 0.206. The van der Waals surface area contributed by atoms with Crippen molar-refractivity contribution in [2.45, 2.75) is 58.8 Å². The summed E-state index contributed by atoms with van der Waals surface area (Å²) in [6.45, 7) is 15.8. The third kappa shape index (κ3) is 2.90. The first kappa shape index (κ1) is 15.9. The summed E-state index contributed by atoms with van der Waals surface area (Å²) in [6, 6.07) is 7.13. The molecule has 0 saturated carbocycles. The molecule has 2 heteroatoms. The molecule has 2 fully saturated rings. The van der Waals surface area contributed by atoms with E-state index in [1.165, 1.54) is 42.7 Å². The summed E-state index contributed by atoms with van der Waals surface area (Å²) in [6.07, 6.45) is 2.52. The van der Waals surface area contributed by atoms with Crippen LogP contribution < -0.4 is 4.90 Å². The van der Waals surface area contributed by atoms with Crippen LogP contribution in [0.2, 0.25) is 0 Å². The second kappa shape index (κ2) is 5.56. The molecular weight excluding hydrogens is 270 g/mol. The molecule has 0 aliphatic carbocycles. The Kier molecular flexibility index (Phi) is 4.01. The highest BCUT2D eigenvalue weighted by Crippen LogP contribution is 2.42. The van der Waals surface area contributed by atoms with Gasteiger partial charge in [-0.05, 0) is 41.4 Å². The lowest BCUT2D eigenvalue weighted by molar-refractivity contribution is 0.160. The van der Waals surface area contributed by atoms with Crippen molar-refractivity contribution in [2.24, 2.45) is 5.41 Å². The van der Waals surface area contributed by atoms with Gasteiger partial charge in [0.25, 0.3) is 0 Å². The van der Waals surface area contributed by atoms with Crippen LogP contribution in [0.15, 0.2) is 18.2 Å². The van der Waals surface area contributed by atoms with Gasteiger partial charge in [-0.3, -0.25) is 0 Å². The number of nitrogens with zero attached hydrogens (tertiary/aromatic N) is 1. The van der Waals surface area contributed by atoms with Crippen molar-refractivity contribution in [3.63, 3.8) is 0 Å². The number of anilines is 1. The van der Waals surface area contributed by atoms with E-state index < -0.39 is 0 Å². The molecule has 22 heavy (non-hydrogen) atoms. The lowest BCUT2D eigenvalue weighted by Gasteiger charge is -2.29. The summed E-state index contributed by atoms with van der Waals surface area (Å²) >= 11 is 0. The number of ether oxygens (including phenoxy) is 1. The molecular formula is C20H31NO. The Hall–Kier alpha value is -1.02. The average molecular weight is 301 g/mol. The molecule has 0 unspecified atom stereocenters. The Bertz CT molecular complexity index is 535. The molecule has 1 aromatic rings. The van der Waals surface area contributed by atoms with Crippen LogP contribution in [0.4, 0.5) is 5.69 Å². The van der Waals surface area contributed by atoms with Crippen molar-refractivity contribution >= 4 is 5.69 Å². The van der Waals surface area contributed by atoms with Crippen molar-refractivity contribution < 1.29 is 4.74 Å². The van der Waals surface area contributed by atoms with Crippen molar-refractivity contribution in [3.8, 4) is 0 Å². The molecule has 0 amide bonds. The molecule has 1 atom stereocenters. The Balaban J connectivity index is 1.94. The van der Waals surface area contributed by atoms with Gasteiger partial charge < -0.3 is 9.64 Å². The van der Waals surface area contributed by atoms with E-state index in [4.69, 9.17) is 4.74 Å². The Labute approximate surface area is 135 Å². The van der Waals surface area contributed by atoms with Crippen LogP contribution in [0.3, 0.4) is 0 Å². The van der Waals surface area contributed by atoms with E-state index in [-0.39, 0.29) is 5.41 Å². The van der Waals surface area contributed by atoms with Crippen LogP contribution >= 0.6 is 0 Å². The summed E-state index contributed by atoms with van der Waals surface area (Å²) in [5.41, 5.74) is 5.02. The molecule has 0 radical (unpaired) electrons. The van der Waals surface area contributed by atoms with Crippen LogP contribution in [0.5, 0.6) is 0 Å². The Morgan fingerprint density at radius 2 is 1.95 bits per heavy atom. The third-order valence-electron chi connectivity index (χ3n) is 5.48. The van der Waals surface area contributed by atoms with Gasteiger partial charge in [0.05, 0.1) is 6.61 Å². The summed E-state index contributed by atoms with van der Waals surface area (Å²) < 4.78 is 5.70. The van der Waals surface area contributed by atoms with Gasteiger partial charge in [-0.1, -0.05) is 46.8 Å². The predicted octanol–water partition coefficient (Wildman–Crippen LogP) is 4.72. The summed E-state index contributed by atoms with van der Waals surface area (Å²) in [7, 11) is 0. The van der Waals surface area contributed by atoms with Crippen LogP contribution in [-0.2, 0) is 10.2 Å². The lowest BCUT2D eigenvalue weighted by atomic mass is 9.84. The van der Waals surface area contributed by atoms with Gasteiger partial charge in [-0.2, -0.15) is 0 Å². The molecule has 2 aliphatic rings. The van der Waals surface area contributed by atoms with Crippen LogP contribution in [0.1, 0.15) is 64.5 Å². The third-order valence-corrected chi connectivity index (χ3v) is 5.48. The van der Waals surface area contributed by atoms with Crippen molar-refractivity contribution in [2.75, 3.05) is 31.2 Å². The smallest absolute Gasteiger partial charge is 0.0540 e. The maximum absolute atomic E-state index is 5.70. The second-order valence-electron chi connectivity index (χ2n) is 8.65. The normalized spacial score (nSPS) is 25.6. The molecule has 2 aliphatic heterocycles. The fraction of sp³-hybridized carbons (Fsp3) is 0.700. The zero-order chi connectivity index (χ0) is 16.0. The van der Waals surface area contributed by atoms with E-state index in [2.05, 4.69) is 57.7 Å². The van der Waals surface area contributed by atoms with E-state index in [0.717, 1.165) is 13.2 Å². The first-order chi connectivity index (χ1) is 10.3. The molecule has 1 spiro atoms. The van der Waals surface area contributed by atoms with Gasteiger partial charge in [0, 0.05) is 30.8 Å². The quantitative estimate of drug-likeness (QED) is 0.783. The van der Waals surface area contributed by atoms with Crippen LogP contribution in [-0.4, -0.2) is 26.3 Å². The molecule has 0 bridgehead atoms. The van der Waals surface area contributed by atoms with Crippen molar-refractivity contribution in [3.05, 3.63) is 29.3 Å². The zero-order valence-electron chi connectivity index (χ0n) is 14.9. The van der Waals surface area contributed by atoms with Gasteiger partial charge >= 0.3 is 0 Å². The summed E-state index contributed by atoms with van der Waals surface area (Å²) in [5.74, 6) is 0.570. The van der Waals surface area contributed by atoms with E-state index in [0.29, 0.717) is 11.3 Å². The molecule has 122 valence electrons. The Morgan fingerprint density at radius 3 is 2.55 bits per heavy atom. The maximum Gasteiger partial charge on any atom is 0.0540 e. The topological polar surface area (TPSA) is 12.5 Å². The highest BCUT2D eigenvalue weighted by Gasteiger charge is 2.41. The first-order valence-electron chi connectivity index (χ1n) is 8.78. The fourth-order valence-electron chi connectivity index (χ4n) is 3.88. The minimum atomic E-state index is 0.206. The fourth-order valence-corrected chi connectivity index (χ4v) is 3.88. The largest absolute Gasteiger partial charge is 0.381 e. The maximum atomic E-state index is 5.70. The van der Waals surface area contributed by atoms with E-state index in [9.17, 15) is 0 Å². The molecule has 0 N–H and O–H groups in total. The van der Waals surface area contributed by atoms with Crippen molar-refractivity contribution in [1.82, 2.24) is 0 Å². The highest BCUT2D eigenvalue weighted by molar-refractivity contribution is 5.58. The molecule has 1 aromatic carbocycles. The molecule has 3 rings (SSSR count). The van der Waals surface area contributed by atoms with E-state index in [1.807, 2.05) is 0 Å². The molecule has 2 nitrogen and oxygen atoms in total. The molecule has 2 heterocycles. The van der Waals surface area contributed by atoms with Crippen LogP contribution in [0.25, 0.3) is 0 Å². The van der Waals surface area contributed by atoms with Gasteiger partial charge in [-0.25, -0.2) is 0 Å². The monoisotopic (exact) mass is 301 g/mol. The average Bonchev–Trinajstić information content (AvgIpc) is 3.08. The number of hydrogen-bond acceptors (Lipinski definition) is 2. The predicted molar refractivity (Wildman–Crippen MR) is 93.9 cm³/mol. The molecule has 2 saturated heterocycles. The van der Waals surface area contributed by atoms with Crippen molar-refractivity contribution in [1.29, 1.82) is 0 Å².